The minimum absolute atomic E-state index is 0.380. The molecule has 0 aliphatic heterocycles. The summed E-state index contributed by atoms with van der Waals surface area (Å²) in [4.78, 5) is 0. The Morgan fingerprint density at radius 2 is 1.88 bits per heavy atom. The Morgan fingerprint density at radius 1 is 1.29 bits per heavy atom. The van der Waals surface area contributed by atoms with E-state index in [0.29, 0.717) is 5.92 Å². The summed E-state index contributed by atoms with van der Waals surface area (Å²) in [5.41, 5.74) is -1.21. The van der Waals surface area contributed by atoms with E-state index in [1.165, 1.54) is 12.8 Å². The third-order valence-electron chi connectivity index (χ3n) is 5.21. The molecule has 2 saturated carbocycles. The lowest BCUT2D eigenvalue weighted by Crippen LogP contribution is -2.49. The molecule has 2 fully saturated rings. The van der Waals surface area contributed by atoms with Gasteiger partial charge in [-0.3, -0.25) is 0 Å². The maximum Gasteiger partial charge on any atom is 0.0860 e. The molecule has 1 unspecified atom stereocenters. The number of hydrogen-bond acceptors (Lipinski definition) is 2. The van der Waals surface area contributed by atoms with Crippen molar-refractivity contribution in [3.05, 3.63) is 0 Å². The summed E-state index contributed by atoms with van der Waals surface area (Å²) in [6.07, 6.45) is 8.80. The molecule has 17 heavy (non-hydrogen) atoms. The van der Waals surface area contributed by atoms with Crippen LogP contribution < -0.4 is 0 Å². The molecule has 0 aromatic rings. The van der Waals surface area contributed by atoms with E-state index in [1.807, 2.05) is 6.92 Å². The molecular weight excluding hydrogens is 210 g/mol. The highest BCUT2D eigenvalue weighted by atomic mass is 16.3. The SMILES string of the molecule is CCCC1CCC(C#N)(C(C)(O)C2CC2)CC1. The van der Waals surface area contributed by atoms with E-state index in [-0.39, 0.29) is 0 Å². The molecule has 0 radical (unpaired) electrons. The Balaban J connectivity index is 2.05. The van der Waals surface area contributed by atoms with Gasteiger partial charge < -0.3 is 5.11 Å². The summed E-state index contributed by atoms with van der Waals surface area (Å²) < 4.78 is 0. The van der Waals surface area contributed by atoms with Gasteiger partial charge in [-0.25, -0.2) is 0 Å². The maximum absolute atomic E-state index is 10.7. The maximum atomic E-state index is 10.7. The Hall–Kier alpha value is -0.550. The lowest BCUT2D eigenvalue weighted by atomic mass is 9.60. The van der Waals surface area contributed by atoms with Crippen molar-refractivity contribution in [2.75, 3.05) is 0 Å². The molecule has 2 aliphatic carbocycles. The highest BCUT2D eigenvalue weighted by Gasteiger charge is 2.56. The topological polar surface area (TPSA) is 44.0 Å². The highest BCUT2D eigenvalue weighted by Crippen LogP contribution is 2.55. The van der Waals surface area contributed by atoms with Crippen LogP contribution in [0.1, 0.15) is 65.2 Å². The monoisotopic (exact) mass is 235 g/mol. The number of rotatable bonds is 4. The van der Waals surface area contributed by atoms with Crippen LogP contribution in [0.15, 0.2) is 0 Å². The summed E-state index contributed by atoms with van der Waals surface area (Å²) >= 11 is 0. The van der Waals surface area contributed by atoms with Crippen LogP contribution in [0.5, 0.6) is 0 Å². The number of nitrogens with zero attached hydrogens (tertiary/aromatic N) is 1. The van der Waals surface area contributed by atoms with Gasteiger partial charge in [-0.05, 0) is 57.3 Å². The van der Waals surface area contributed by atoms with Gasteiger partial charge in [0.25, 0.3) is 0 Å². The molecule has 0 aromatic carbocycles. The zero-order valence-electron chi connectivity index (χ0n) is 11.2. The summed E-state index contributed by atoms with van der Waals surface area (Å²) in [5.74, 6) is 1.17. The van der Waals surface area contributed by atoms with E-state index in [4.69, 9.17) is 0 Å². The lowest BCUT2D eigenvalue weighted by molar-refractivity contribution is -0.0808. The second-order valence-electron chi connectivity index (χ2n) is 6.35. The fourth-order valence-electron chi connectivity index (χ4n) is 3.63. The molecular formula is C15H25NO. The minimum Gasteiger partial charge on any atom is -0.388 e. The summed E-state index contributed by atoms with van der Waals surface area (Å²) in [6, 6.07) is 2.49. The zero-order chi connectivity index (χ0) is 12.5. The standard InChI is InChI=1S/C15H25NO/c1-3-4-12-7-9-15(11-16,10-8-12)14(2,17)13-5-6-13/h12-13,17H,3-10H2,1-2H3. The van der Waals surface area contributed by atoms with Crippen LogP contribution in [-0.2, 0) is 0 Å². The van der Waals surface area contributed by atoms with Crippen LogP contribution in [0, 0.1) is 28.6 Å². The van der Waals surface area contributed by atoms with Crippen molar-refractivity contribution >= 4 is 0 Å². The first-order valence-corrected chi connectivity index (χ1v) is 7.19. The van der Waals surface area contributed by atoms with Gasteiger partial charge >= 0.3 is 0 Å². The van der Waals surface area contributed by atoms with Crippen LogP contribution in [0.2, 0.25) is 0 Å². The third kappa shape index (κ3) is 2.22. The first kappa shape index (κ1) is 12.9. The normalized spacial score (nSPS) is 37.2. The highest BCUT2D eigenvalue weighted by molar-refractivity contribution is 5.15. The first-order chi connectivity index (χ1) is 8.05. The van der Waals surface area contributed by atoms with Crippen molar-refractivity contribution in [1.82, 2.24) is 0 Å². The molecule has 2 heteroatoms. The molecule has 0 heterocycles. The smallest absolute Gasteiger partial charge is 0.0860 e. The summed E-state index contributed by atoms with van der Waals surface area (Å²) in [6.45, 7) is 4.14. The van der Waals surface area contributed by atoms with Gasteiger partial charge in [0.05, 0.1) is 17.1 Å². The molecule has 2 aliphatic rings. The number of nitriles is 1. The third-order valence-corrected chi connectivity index (χ3v) is 5.21. The van der Waals surface area contributed by atoms with Gasteiger partial charge in [-0.15, -0.1) is 0 Å². The van der Waals surface area contributed by atoms with E-state index < -0.39 is 11.0 Å². The Kier molecular flexibility index (Phi) is 3.50. The van der Waals surface area contributed by atoms with Crippen molar-refractivity contribution in [2.45, 2.75) is 70.8 Å². The predicted molar refractivity (Wildman–Crippen MR) is 68.3 cm³/mol. The van der Waals surface area contributed by atoms with Crippen LogP contribution in [0.4, 0.5) is 0 Å². The Morgan fingerprint density at radius 3 is 2.29 bits per heavy atom. The molecule has 0 saturated heterocycles. The van der Waals surface area contributed by atoms with Crippen molar-refractivity contribution in [1.29, 1.82) is 5.26 Å². The van der Waals surface area contributed by atoms with Gasteiger partial charge in [-0.2, -0.15) is 5.26 Å². The molecule has 0 bridgehead atoms. The molecule has 2 rings (SSSR count). The average molecular weight is 235 g/mol. The molecule has 96 valence electrons. The van der Waals surface area contributed by atoms with E-state index in [2.05, 4.69) is 13.0 Å². The van der Waals surface area contributed by atoms with Crippen LogP contribution in [-0.4, -0.2) is 10.7 Å². The molecule has 0 spiro atoms. The average Bonchev–Trinajstić information content (AvgIpc) is 3.14. The van der Waals surface area contributed by atoms with E-state index in [1.54, 1.807) is 0 Å². The van der Waals surface area contributed by atoms with Crippen molar-refractivity contribution in [3.63, 3.8) is 0 Å². The lowest BCUT2D eigenvalue weighted by Gasteiger charge is -2.45. The molecule has 1 atom stereocenters. The fraction of sp³-hybridized carbons (Fsp3) is 0.933. The van der Waals surface area contributed by atoms with Gasteiger partial charge in [-0.1, -0.05) is 19.8 Å². The summed E-state index contributed by atoms with van der Waals surface area (Å²) in [7, 11) is 0. The minimum atomic E-state index is -0.751. The van der Waals surface area contributed by atoms with Crippen LogP contribution in [0.3, 0.4) is 0 Å². The van der Waals surface area contributed by atoms with E-state index in [0.717, 1.165) is 44.4 Å². The van der Waals surface area contributed by atoms with E-state index in [9.17, 15) is 10.4 Å². The molecule has 0 amide bonds. The quantitative estimate of drug-likeness (QED) is 0.808. The Labute approximate surface area is 105 Å². The number of hydrogen-bond donors (Lipinski definition) is 1. The van der Waals surface area contributed by atoms with Crippen molar-refractivity contribution < 1.29 is 5.11 Å². The van der Waals surface area contributed by atoms with Gasteiger partial charge in [0, 0.05) is 0 Å². The molecule has 2 nitrogen and oxygen atoms in total. The van der Waals surface area contributed by atoms with E-state index >= 15 is 0 Å². The largest absolute Gasteiger partial charge is 0.388 e. The predicted octanol–water partition coefficient (Wildman–Crippen LogP) is 3.65. The Bertz CT molecular complexity index is 303. The second kappa shape index (κ2) is 4.61. The molecule has 1 N–H and O–H groups in total. The first-order valence-electron chi connectivity index (χ1n) is 7.19. The van der Waals surface area contributed by atoms with Crippen molar-refractivity contribution in [2.24, 2.45) is 17.3 Å². The zero-order valence-corrected chi connectivity index (χ0v) is 11.2. The van der Waals surface area contributed by atoms with Crippen LogP contribution >= 0.6 is 0 Å². The van der Waals surface area contributed by atoms with Crippen LogP contribution in [0.25, 0.3) is 0 Å². The van der Waals surface area contributed by atoms with Crippen molar-refractivity contribution in [3.8, 4) is 6.07 Å². The van der Waals surface area contributed by atoms with Gasteiger partial charge in [0.2, 0.25) is 0 Å². The van der Waals surface area contributed by atoms with Gasteiger partial charge in [0.1, 0.15) is 0 Å². The molecule has 0 aromatic heterocycles. The second-order valence-corrected chi connectivity index (χ2v) is 6.35. The van der Waals surface area contributed by atoms with Gasteiger partial charge in [0.15, 0.2) is 0 Å². The summed E-state index contributed by atoms with van der Waals surface area (Å²) in [5, 5.41) is 20.3. The number of aliphatic hydroxyl groups is 1. The fourth-order valence-corrected chi connectivity index (χ4v) is 3.63.